The molecule has 0 saturated heterocycles. The Labute approximate surface area is 71.4 Å². The normalized spacial score (nSPS) is 27.2. The molecule has 12 heavy (non-hydrogen) atoms. The lowest BCUT2D eigenvalue weighted by molar-refractivity contribution is 0.468. The van der Waals surface area contributed by atoms with Crippen LogP contribution in [0.3, 0.4) is 0 Å². The summed E-state index contributed by atoms with van der Waals surface area (Å²) in [4.78, 5) is 0. The number of benzene rings is 1. The number of halogens is 1. The second kappa shape index (κ2) is 2.87. The number of hydrogen-bond acceptors (Lipinski definition) is 1. The maximum absolute atomic E-state index is 12.7. The molecule has 0 radical (unpaired) electrons. The minimum atomic E-state index is -0.627. The maximum atomic E-state index is 12.7. The van der Waals surface area contributed by atoms with Crippen LogP contribution in [0.5, 0.6) is 0 Å². The molecule has 0 aromatic heterocycles. The SMILES string of the molecule is NCc1ccccc1C1CC1F. The van der Waals surface area contributed by atoms with E-state index in [4.69, 9.17) is 5.73 Å². The first kappa shape index (κ1) is 7.74. The molecule has 2 atom stereocenters. The molecule has 1 aliphatic rings. The lowest BCUT2D eigenvalue weighted by Crippen LogP contribution is -2.00. The van der Waals surface area contributed by atoms with E-state index in [-0.39, 0.29) is 5.92 Å². The Hall–Kier alpha value is -0.890. The summed E-state index contributed by atoms with van der Waals surface area (Å²) in [6, 6.07) is 7.84. The van der Waals surface area contributed by atoms with Gasteiger partial charge in [-0.05, 0) is 17.5 Å². The van der Waals surface area contributed by atoms with Crippen molar-refractivity contribution in [1.82, 2.24) is 0 Å². The molecule has 1 aliphatic carbocycles. The predicted molar refractivity (Wildman–Crippen MR) is 46.6 cm³/mol. The van der Waals surface area contributed by atoms with Gasteiger partial charge in [0.05, 0.1) is 0 Å². The van der Waals surface area contributed by atoms with Crippen LogP contribution in [0.25, 0.3) is 0 Å². The second-order valence-electron chi connectivity index (χ2n) is 3.26. The summed E-state index contributed by atoms with van der Waals surface area (Å²) in [5.41, 5.74) is 7.73. The first-order valence-electron chi connectivity index (χ1n) is 4.25. The van der Waals surface area contributed by atoms with E-state index in [1.165, 1.54) is 0 Å². The molecule has 1 aromatic rings. The van der Waals surface area contributed by atoms with Crippen LogP contribution in [0.2, 0.25) is 0 Å². The average Bonchev–Trinajstić information content (AvgIpc) is 2.83. The molecule has 0 heterocycles. The lowest BCUT2D eigenvalue weighted by atomic mass is 10.0. The van der Waals surface area contributed by atoms with Crippen molar-refractivity contribution in [3.8, 4) is 0 Å². The molecule has 1 saturated carbocycles. The van der Waals surface area contributed by atoms with E-state index in [0.29, 0.717) is 13.0 Å². The van der Waals surface area contributed by atoms with Crippen molar-refractivity contribution < 1.29 is 4.39 Å². The smallest absolute Gasteiger partial charge is 0.108 e. The minimum absolute atomic E-state index is 0.129. The Morgan fingerprint density at radius 1 is 1.42 bits per heavy atom. The average molecular weight is 165 g/mol. The van der Waals surface area contributed by atoms with E-state index in [2.05, 4.69) is 0 Å². The molecule has 2 N–H and O–H groups in total. The minimum Gasteiger partial charge on any atom is -0.326 e. The largest absolute Gasteiger partial charge is 0.326 e. The highest BCUT2D eigenvalue weighted by Crippen LogP contribution is 2.44. The van der Waals surface area contributed by atoms with Gasteiger partial charge >= 0.3 is 0 Å². The van der Waals surface area contributed by atoms with E-state index in [1.54, 1.807) is 0 Å². The third kappa shape index (κ3) is 1.23. The van der Waals surface area contributed by atoms with Crippen LogP contribution in [0.1, 0.15) is 23.5 Å². The van der Waals surface area contributed by atoms with E-state index in [1.807, 2.05) is 24.3 Å². The molecule has 0 amide bonds. The summed E-state index contributed by atoms with van der Waals surface area (Å²) >= 11 is 0. The second-order valence-corrected chi connectivity index (χ2v) is 3.26. The first-order chi connectivity index (χ1) is 5.83. The summed E-state index contributed by atoms with van der Waals surface area (Å²) in [6.07, 6.45) is 0.0505. The van der Waals surface area contributed by atoms with Crippen molar-refractivity contribution in [2.75, 3.05) is 0 Å². The Balaban J connectivity index is 2.29. The van der Waals surface area contributed by atoms with Gasteiger partial charge in [0.2, 0.25) is 0 Å². The van der Waals surface area contributed by atoms with Crippen molar-refractivity contribution in [3.63, 3.8) is 0 Å². The summed E-state index contributed by atoms with van der Waals surface area (Å²) in [7, 11) is 0. The quantitative estimate of drug-likeness (QED) is 0.712. The molecule has 2 heteroatoms. The van der Waals surface area contributed by atoms with Gasteiger partial charge in [-0.15, -0.1) is 0 Å². The van der Waals surface area contributed by atoms with Crippen molar-refractivity contribution in [3.05, 3.63) is 35.4 Å². The fourth-order valence-corrected chi connectivity index (χ4v) is 1.57. The van der Waals surface area contributed by atoms with Gasteiger partial charge in [0, 0.05) is 12.5 Å². The molecule has 0 spiro atoms. The zero-order valence-electron chi connectivity index (χ0n) is 6.83. The van der Waals surface area contributed by atoms with Gasteiger partial charge < -0.3 is 5.73 Å². The maximum Gasteiger partial charge on any atom is 0.108 e. The topological polar surface area (TPSA) is 26.0 Å². The van der Waals surface area contributed by atoms with Crippen molar-refractivity contribution in [2.24, 2.45) is 5.73 Å². The van der Waals surface area contributed by atoms with E-state index >= 15 is 0 Å². The van der Waals surface area contributed by atoms with Gasteiger partial charge in [0.15, 0.2) is 0 Å². The highest BCUT2D eigenvalue weighted by Gasteiger charge is 2.39. The molecule has 1 fully saturated rings. The van der Waals surface area contributed by atoms with Crippen LogP contribution >= 0.6 is 0 Å². The summed E-state index contributed by atoms with van der Waals surface area (Å²) in [5.74, 6) is 0.129. The molecule has 0 aliphatic heterocycles. The van der Waals surface area contributed by atoms with Gasteiger partial charge in [0.25, 0.3) is 0 Å². The highest BCUT2D eigenvalue weighted by atomic mass is 19.1. The van der Waals surface area contributed by atoms with Gasteiger partial charge in [-0.1, -0.05) is 24.3 Å². The fraction of sp³-hybridized carbons (Fsp3) is 0.400. The van der Waals surface area contributed by atoms with Crippen LogP contribution in [0.15, 0.2) is 24.3 Å². The Morgan fingerprint density at radius 2 is 2.08 bits per heavy atom. The van der Waals surface area contributed by atoms with Gasteiger partial charge in [-0.3, -0.25) is 0 Å². The number of hydrogen-bond donors (Lipinski definition) is 1. The van der Waals surface area contributed by atoms with E-state index in [9.17, 15) is 4.39 Å². The Morgan fingerprint density at radius 3 is 2.67 bits per heavy atom. The van der Waals surface area contributed by atoms with Crippen LogP contribution in [-0.2, 0) is 6.54 Å². The standard InChI is InChI=1S/C10H12FN/c11-10-5-9(10)8-4-2-1-3-7(8)6-12/h1-4,9-10H,5-6,12H2. The molecular formula is C10H12FN. The lowest BCUT2D eigenvalue weighted by Gasteiger charge is -2.04. The van der Waals surface area contributed by atoms with Crippen LogP contribution in [0.4, 0.5) is 4.39 Å². The van der Waals surface area contributed by atoms with E-state index in [0.717, 1.165) is 11.1 Å². The fourth-order valence-electron chi connectivity index (χ4n) is 1.57. The zero-order valence-corrected chi connectivity index (χ0v) is 6.83. The van der Waals surface area contributed by atoms with Crippen LogP contribution < -0.4 is 5.73 Å². The summed E-state index contributed by atoms with van der Waals surface area (Å²) in [6.45, 7) is 0.513. The van der Waals surface area contributed by atoms with E-state index < -0.39 is 6.17 Å². The van der Waals surface area contributed by atoms with Crippen molar-refractivity contribution in [2.45, 2.75) is 25.1 Å². The monoisotopic (exact) mass is 165 g/mol. The zero-order chi connectivity index (χ0) is 8.55. The predicted octanol–water partition coefficient (Wildman–Crippen LogP) is 1.97. The molecule has 2 unspecified atom stereocenters. The van der Waals surface area contributed by atoms with Crippen molar-refractivity contribution in [1.29, 1.82) is 0 Å². The molecule has 0 bridgehead atoms. The van der Waals surface area contributed by atoms with Gasteiger partial charge in [0.1, 0.15) is 6.17 Å². The third-order valence-electron chi connectivity index (χ3n) is 2.39. The number of nitrogens with two attached hydrogens (primary N) is 1. The van der Waals surface area contributed by atoms with Gasteiger partial charge in [-0.2, -0.15) is 0 Å². The summed E-state index contributed by atoms with van der Waals surface area (Å²) in [5, 5.41) is 0. The molecule has 2 rings (SSSR count). The Kier molecular flexibility index (Phi) is 1.85. The Bertz CT molecular complexity index is 285. The van der Waals surface area contributed by atoms with Crippen LogP contribution in [-0.4, -0.2) is 6.17 Å². The van der Waals surface area contributed by atoms with Gasteiger partial charge in [-0.25, -0.2) is 4.39 Å². The first-order valence-corrected chi connectivity index (χ1v) is 4.25. The molecular weight excluding hydrogens is 153 g/mol. The number of alkyl halides is 1. The molecule has 1 nitrogen and oxygen atoms in total. The molecule has 1 aromatic carbocycles. The highest BCUT2D eigenvalue weighted by molar-refractivity contribution is 5.34. The third-order valence-corrected chi connectivity index (χ3v) is 2.39. The van der Waals surface area contributed by atoms with Crippen LogP contribution in [0, 0.1) is 0 Å². The number of rotatable bonds is 2. The van der Waals surface area contributed by atoms with Crippen molar-refractivity contribution >= 4 is 0 Å². The summed E-state index contributed by atoms with van der Waals surface area (Å²) < 4.78 is 12.7. The molecule has 64 valence electrons.